The molecule has 3 aromatic rings. The van der Waals surface area contributed by atoms with Crippen LogP contribution in [0.5, 0.6) is 11.5 Å². The Morgan fingerprint density at radius 1 is 0.893 bits per heavy atom. The molecular formula is C22H23N3O3. The van der Waals surface area contributed by atoms with Gasteiger partial charge in [-0.15, -0.1) is 0 Å². The molecule has 0 bridgehead atoms. The normalized spacial score (nSPS) is 10.4. The molecule has 0 aliphatic carbocycles. The molecule has 2 aromatic carbocycles. The van der Waals surface area contributed by atoms with E-state index in [9.17, 15) is 4.79 Å². The van der Waals surface area contributed by atoms with E-state index in [-0.39, 0.29) is 5.91 Å². The number of carbonyl (C=O) groups excluding carboxylic acids is 1. The standard InChI is InChI=1S/C22H23N3O3/c1-4-5-21(26)24-20-14-19(15-6-10-17(27-2)11-7-15)23-22(25-20)16-8-12-18(28-3)13-9-16/h6-14H,4-5H2,1-3H3,(H,23,24,25,26). The second kappa shape index (κ2) is 8.99. The van der Waals surface area contributed by atoms with Crippen LogP contribution in [0.3, 0.4) is 0 Å². The van der Waals surface area contributed by atoms with Gasteiger partial charge in [0.1, 0.15) is 17.3 Å². The van der Waals surface area contributed by atoms with Crippen LogP contribution in [0, 0.1) is 0 Å². The van der Waals surface area contributed by atoms with Crippen LogP contribution in [0.25, 0.3) is 22.6 Å². The third-order valence-electron chi connectivity index (χ3n) is 4.20. The maximum Gasteiger partial charge on any atom is 0.225 e. The first-order valence-electron chi connectivity index (χ1n) is 9.10. The number of rotatable bonds is 7. The fourth-order valence-electron chi connectivity index (χ4n) is 2.72. The lowest BCUT2D eigenvalue weighted by Crippen LogP contribution is -2.12. The Bertz CT molecular complexity index is 872. The van der Waals surface area contributed by atoms with E-state index in [1.165, 1.54) is 0 Å². The van der Waals surface area contributed by atoms with Gasteiger partial charge >= 0.3 is 0 Å². The number of aromatic nitrogens is 2. The average Bonchev–Trinajstić information content (AvgIpc) is 2.74. The zero-order valence-corrected chi connectivity index (χ0v) is 16.2. The lowest BCUT2D eigenvalue weighted by molar-refractivity contribution is -0.116. The highest BCUT2D eigenvalue weighted by Crippen LogP contribution is 2.27. The fourth-order valence-corrected chi connectivity index (χ4v) is 2.72. The summed E-state index contributed by atoms with van der Waals surface area (Å²) in [6.45, 7) is 1.96. The number of carbonyl (C=O) groups is 1. The highest BCUT2D eigenvalue weighted by molar-refractivity contribution is 5.90. The third-order valence-corrected chi connectivity index (χ3v) is 4.20. The number of nitrogens with zero attached hydrogens (tertiary/aromatic N) is 2. The van der Waals surface area contributed by atoms with E-state index in [1.54, 1.807) is 20.3 Å². The minimum absolute atomic E-state index is 0.0671. The Morgan fingerprint density at radius 2 is 1.46 bits per heavy atom. The quantitative estimate of drug-likeness (QED) is 0.653. The van der Waals surface area contributed by atoms with Crippen LogP contribution in [0.1, 0.15) is 19.8 Å². The van der Waals surface area contributed by atoms with Crippen molar-refractivity contribution in [3.63, 3.8) is 0 Å². The molecule has 0 aliphatic rings. The summed E-state index contributed by atoms with van der Waals surface area (Å²) in [5.41, 5.74) is 2.46. The summed E-state index contributed by atoms with van der Waals surface area (Å²) in [5, 5.41) is 2.87. The van der Waals surface area contributed by atoms with Crippen molar-refractivity contribution in [3.8, 4) is 34.1 Å². The van der Waals surface area contributed by atoms with Crippen LogP contribution in [0.2, 0.25) is 0 Å². The molecule has 3 rings (SSSR count). The number of benzene rings is 2. The Hall–Kier alpha value is -3.41. The molecule has 0 fully saturated rings. The molecule has 0 unspecified atom stereocenters. The Kier molecular flexibility index (Phi) is 6.22. The molecule has 6 nitrogen and oxygen atoms in total. The summed E-state index contributed by atoms with van der Waals surface area (Å²) in [7, 11) is 3.25. The summed E-state index contributed by atoms with van der Waals surface area (Å²) in [4.78, 5) is 21.3. The predicted molar refractivity (Wildman–Crippen MR) is 110 cm³/mol. The molecule has 0 aliphatic heterocycles. The minimum atomic E-state index is -0.0671. The Balaban J connectivity index is 2.02. The molecule has 0 radical (unpaired) electrons. The number of ether oxygens (including phenoxy) is 2. The van der Waals surface area contributed by atoms with E-state index >= 15 is 0 Å². The molecule has 0 saturated heterocycles. The van der Waals surface area contributed by atoms with Crippen molar-refractivity contribution in [1.82, 2.24) is 9.97 Å². The SMILES string of the molecule is CCCC(=O)Nc1cc(-c2ccc(OC)cc2)nc(-c2ccc(OC)cc2)n1. The first kappa shape index (κ1) is 19.4. The van der Waals surface area contributed by atoms with Gasteiger partial charge < -0.3 is 14.8 Å². The van der Waals surface area contributed by atoms with Gasteiger partial charge in [0.15, 0.2) is 5.82 Å². The van der Waals surface area contributed by atoms with Crippen LogP contribution in [-0.4, -0.2) is 30.1 Å². The van der Waals surface area contributed by atoms with Crippen LogP contribution in [0.4, 0.5) is 5.82 Å². The van der Waals surface area contributed by atoms with E-state index in [2.05, 4.69) is 10.3 Å². The topological polar surface area (TPSA) is 73.3 Å². The van der Waals surface area contributed by atoms with Gasteiger partial charge in [-0.2, -0.15) is 0 Å². The Labute approximate surface area is 164 Å². The molecule has 1 amide bonds. The van der Waals surface area contributed by atoms with Crippen molar-refractivity contribution < 1.29 is 14.3 Å². The fraction of sp³-hybridized carbons (Fsp3) is 0.227. The maximum absolute atomic E-state index is 12.1. The minimum Gasteiger partial charge on any atom is -0.497 e. The number of amides is 1. The van der Waals surface area contributed by atoms with E-state index in [4.69, 9.17) is 14.5 Å². The third kappa shape index (κ3) is 4.65. The largest absolute Gasteiger partial charge is 0.497 e. The highest BCUT2D eigenvalue weighted by atomic mass is 16.5. The van der Waals surface area contributed by atoms with Crippen LogP contribution >= 0.6 is 0 Å². The lowest BCUT2D eigenvalue weighted by Gasteiger charge is -2.10. The number of hydrogen-bond acceptors (Lipinski definition) is 5. The molecule has 28 heavy (non-hydrogen) atoms. The molecule has 0 atom stereocenters. The second-order valence-corrected chi connectivity index (χ2v) is 6.22. The maximum atomic E-state index is 12.1. The highest BCUT2D eigenvalue weighted by Gasteiger charge is 2.11. The summed E-state index contributed by atoms with van der Waals surface area (Å²) < 4.78 is 10.4. The molecule has 1 aromatic heterocycles. The van der Waals surface area contributed by atoms with Crippen LogP contribution in [0.15, 0.2) is 54.6 Å². The molecule has 144 valence electrons. The van der Waals surface area contributed by atoms with Crippen molar-refractivity contribution in [1.29, 1.82) is 0 Å². The molecule has 1 heterocycles. The zero-order valence-electron chi connectivity index (χ0n) is 16.2. The number of hydrogen-bond donors (Lipinski definition) is 1. The van der Waals surface area contributed by atoms with E-state index in [1.807, 2.05) is 55.5 Å². The number of anilines is 1. The van der Waals surface area contributed by atoms with Gasteiger partial charge in [0.25, 0.3) is 0 Å². The molecule has 0 spiro atoms. The first-order chi connectivity index (χ1) is 13.6. The zero-order chi connectivity index (χ0) is 19.9. The molecule has 0 saturated carbocycles. The van der Waals surface area contributed by atoms with Crippen molar-refractivity contribution in [2.45, 2.75) is 19.8 Å². The first-order valence-corrected chi connectivity index (χ1v) is 9.10. The van der Waals surface area contributed by atoms with Gasteiger partial charge in [-0.3, -0.25) is 4.79 Å². The van der Waals surface area contributed by atoms with E-state index in [0.717, 1.165) is 34.7 Å². The number of nitrogens with one attached hydrogen (secondary N) is 1. The average molecular weight is 377 g/mol. The summed E-state index contributed by atoms with van der Waals surface area (Å²) in [5.74, 6) is 2.46. The van der Waals surface area contributed by atoms with Crippen molar-refractivity contribution >= 4 is 11.7 Å². The van der Waals surface area contributed by atoms with Gasteiger partial charge in [-0.05, 0) is 55.0 Å². The second-order valence-electron chi connectivity index (χ2n) is 6.22. The Morgan fingerprint density at radius 3 is 2.00 bits per heavy atom. The molecular weight excluding hydrogens is 354 g/mol. The van der Waals surface area contributed by atoms with Crippen molar-refractivity contribution in [2.24, 2.45) is 0 Å². The number of methoxy groups -OCH3 is 2. The van der Waals surface area contributed by atoms with Gasteiger partial charge in [0.05, 0.1) is 19.9 Å². The van der Waals surface area contributed by atoms with Crippen molar-refractivity contribution in [2.75, 3.05) is 19.5 Å². The van der Waals surface area contributed by atoms with Crippen LogP contribution in [-0.2, 0) is 4.79 Å². The smallest absolute Gasteiger partial charge is 0.225 e. The summed E-state index contributed by atoms with van der Waals surface area (Å²) in [6, 6.07) is 16.9. The monoisotopic (exact) mass is 377 g/mol. The van der Waals surface area contributed by atoms with Gasteiger partial charge in [0, 0.05) is 23.6 Å². The van der Waals surface area contributed by atoms with Crippen molar-refractivity contribution in [3.05, 3.63) is 54.6 Å². The lowest BCUT2D eigenvalue weighted by atomic mass is 10.1. The van der Waals surface area contributed by atoms with Gasteiger partial charge in [-0.1, -0.05) is 6.92 Å². The van der Waals surface area contributed by atoms with Gasteiger partial charge in [0.2, 0.25) is 5.91 Å². The summed E-state index contributed by atoms with van der Waals surface area (Å²) in [6.07, 6.45) is 1.22. The predicted octanol–water partition coefficient (Wildman–Crippen LogP) is 4.57. The van der Waals surface area contributed by atoms with E-state index in [0.29, 0.717) is 18.1 Å². The van der Waals surface area contributed by atoms with Crippen LogP contribution < -0.4 is 14.8 Å². The van der Waals surface area contributed by atoms with E-state index < -0.39 is 0 Å². The summed E-state index contributed by atoms with van der Waals surface area (Å²) >= 11 is 0. The molecule has 6 heteroatoms. The molecule has 1 N–H and O–H groups in total. The van der Waals surface area contributed by atoms with Gasteiger partial charge in [-0.25, -0.2) is 9.97 Å².